The van der Waals surface area contributed by atoms with Crippen molar-refractivity contribution in [1.29, 1.82) is 0 Å². The van der Waals surface area contributed by atoms with E-state index >= 15 is 0 Å². The van der Waals surface area contributed by atoms with Gasteiger partial charge >= 0.3 is 0 Å². The third-order valence-corrected chi connectivity index (χ3v) is 4.71. The second-order valence-electron chi connectivity index (χ2n) is 6.33. The number of nitrogens with one attached hydrogen (secondary N) is 1. The molecule has 0 aromatic carbocycles. The molecule has 1 heterocycles. The lowest BCUT2D eigenvalue weighted by molar-refractivity contribution is -0.133. The Bertz CT molecular complexity index is 284. The summed E-state index contributed by atoms with van der Waals surface area (Å²) in [7, 11) is 1.71. The molecule has 1 unspecified atom stereocenters. The van der Waals surface area contributed by atoms with Gasteiger partial charge in [0.1, 0.15) is 0 Å². The van der Waals surface area contributed by atoms with Crippen molar-refractivity contribution in [2.24, 2.45) is 5.92 Å². The van der Waals surface area contributed by atoms with Crippen LogP contribution < -0.4 is 5.32 Å². The summed E-state index contributed by atoms with van der Waals surface area (Å²) in [4.78, 5) is 14.6. The first-order valence-electron chi connectivity index (χ1n) is 8.29. The quantitative estimate of drug-likeness (QED) is 0.778. The van der Waals surface area contributed by atoms with E-state index in [4.69, 9.17) is 4.74 Å². The average Bonchev–Trinajstić information content (AvgIpc) is 2.97. The lowest BCUT2D eigenvalue weighted by atomic mass is 9.86. The van der Waals surface area contributed by atoms with Crippen LogP contribution in [0, 0.1) is 5.92 Å². The predicted molar refractivity (Wildman–Crippen MR) is 80.7 cm³/mol. The second kappa shape index (κ2) is 8.63. The Labute approximate surface area is 123 Å². The minimum absolute atomic E-state index is 0.336. The monoisotopic (exact) mass is 282 g/mol. The van der Waals surface area contributed by atoms with Crippen molar-refractivity contribution >= 4 is 5.91 Å². The summed E-state index contributed by atoms with van der Waals surface area (Å²) in [5.41, 5.74) is 0. The number of ether oxygens (including phenoxy) is 1. The van der Waals surface area contributed by atoms with Gasteiger partial charge < -0.3 is 15.0 Å². The van der Waals surface area contributed by atoms with Crippen LogP contribution in [0.3, 0.4) is 0 Å². The standard InChI is InChI=1S/C16H30N2O2/c1-20-11-10-18(13-15-8-5-9-17-15)16(19)12-14-6-3-2-4-7-14/h14-15,17H,2-13H2,1H3. The van der Waals surface area contributed by atoms with Crippen LogP contribution in [-0.2, 0) is 9.53 Å². The van der Waals surface area contributed by atoms with E-state index in [0.717, 1.165) is 26.1 Å². The third-order valence-electron chi connectivity index (χ3n) is 4.71. The highest BCUT2D eigenvalue weighted by Crippen LogP contribution is 2.27. The van der Waals surface area contributed by atoms with Gasteiger partial charge in [-0.15, -0.1) is 0 Å². The molecule has 0 radical (unpaired) electrons. The van der Waals surface area contributed by atoms with Crippen LogP contribution in [0.2, 0.25) is 0 Å². The molecule has 1 aliphatic heterocycles. The Morgan fingerprint density at radius 3 is 2.65 bits per heavy atom. The van der Waals surface area contributed by atoms with Crippen LogP contribution in [-0.4, -0.2) is 50.2 Å². The molecule has 4 nitrogen and oxygen atoms in total. The summed E-state index contributed by atoms with van der Waals surface area (Å²) in [6.07, 6.45) is 9.62. The van der Waals surface area contributed by atoms with Gasteiger partial charge in [0.05, 0.1) is 6.61 Å². The molecule has 0 spiro atoms. The number of carbonyl (C=O) groups excluding carboxylic acids is 1. The maximum Gasteiger partial charge on any atom is 0.222 e. The van der Waals surface area contributed by atoms with Crippen molar-refractivity contribution < 1.29 is 9.53 Å². The fourth-order valence-electron chi connectivity index (χ4n) is 3.47. The zero-order valence-electron chi connectivity index (χ0n) is 12.9. The van der Waals surface area contributed by atoms with Gasteiger partial charge in [0.25, 0.3) is 0 Å². The molecule has 116 valence electrons. The smallest absolute Gasteiger partial charge is 0.222 e. The first-order valence-corrected chi connectivity index (χ1v) is 8.29. The zero-order chi connectivity index (χ0) is 14.2. The van der Waals surface area contributed by atoms with Crippen LogP contribution in [0.4, 0.5) is 0 Å². The second-order valence-corrected chi connectivity index (χ2v) is 6.33. The molecule has 1 saturated carbocycles. The van der Waals surface area contributed by atoms with Crippen LogP contribution in [0.25, 0.3) is 0 Å². The van der Waals surface area contributed by atoms with Crippen LogP contribution >= 0.6 is 0 Å². The normalized spacial score (nSPS) is 23.9. The Kier molecular flexibility index (Phi) is 6.80. The van der Waals surface area contributed by atoms with E-state index in [-0.39, 0.29) is 0 Å². The number of amides is 1. The van der Waals surface area contributed by atoms with Gasteiger partial charge in [-0.25, -0.2) is 0 Å². The van der Waals surface area contributed by atoms with Crippen LogP contribution in [0.1, 0.15) is 51.4 Å². The summed E-state index contributed by atoms with van der Waals surface area (Å²) in [5.74, 6) is 0.959. The number of hydrogen-bond donors (Lipinski definition) is 1. The molecular weight excluding hydrogens is 252 g/mol. The van der Waals surface area contributed by atoms with E-state index in [9.17, 15) is 4.79 Å². The van der Waals surface area contributed by atoms with Crippen molar-refractivity contribution in [2.45, 2.75) is 57.4 Å². The van der Waals surface area contributed by atoms with E-state index in [1.54, 1.807) is 7.11 Å². The molecule has 1 aliphatic carbocycles. The third kappa shape index (κ3) is 5.06. The molecule has 20 heavy (non-hydrogen) atoms. The Morgan fingerprint density at radius 2 is 2.00 bits per heavy atom. The molecule has 1 amide bonds. The first-order chi connectivity index (χ1) is 9.79. The molecule has 4 heteroatoms. The van der Waals surface area contributed by atoms with Gasteiger partial charge in [0.15, 0.2) is 0 Å². The molecule has 1 N–H and O–H groups in total. The van der Waals surface area contributed by atoms with Crippen LogP contribution in [0.5, 0.6) is 0 Å². The van der Waals surface area contributed by atoms with E-state index in [2.05, 4.69) is 5.32 Å². The van der Waals surface area contributed by atoms with E-state index in [0.29, 0.717) is 24.5 Å². The van der Waals surface area contributed by atoms with Crippen molar-refractivity contribution in [3.8, 4) is 0 Å². The molecule has 1 saturated heterocycles. The zero-order valence-corrected chi connectivity index (χ0v) is 12.9. The topological polar surface area (TPSA) is 41.6 Å². The fraction of sp³-hybridized carbons (Fsp3) is 0.938. The number of rotatable bonds is 7. The highest BCUT2D eigenvalue weighted by Gasteiger charge is 2.24. The lowest BCUT2D eigenvalue weighted by Gasteiger charge is -2.28. The van der Waals surface area contributed by atoms with Gasteiger partial charge in [-0.3, -0.25) is 4.79 Å². The predicted octanol–water partition coefficient (Wildman–Crippen LogP) is 2.18. The SMILES string of the molecule is COCCN(CC1CCCN1)C(=O)CC1CCCCC1. The van der Waals surface area contributed by atoms with Crippen molar-refractivity contribution in [3.63, 3.8) is 0 Å². The molecular formula is C16H30N2O2. The summed E-state index contributed by atoms with van der Waals surface area (Å²) >= 11 is 0. The molecule has 0 aromatic rings. The van der Waals surface area contributed by atoms with Crippen LogP contribution in [0.15, 0.2) is 0 Å². The molecule has 0 bridgehead atoms. The van der Waals surface area contributed by atoms with E-state index in [1.165, 1.54) is 44.9 Å². The number of nitrogens with zero attached hydrogens (tertiary/aromatic N) is 1. The fourth-order valence-corrected chi connectivity index (χ4v) is 3.47. The number of hydrogen-bond acceptors (Lipinski definition) is 3. The summed E-state index contributed by atoms with van der Waals surface area (Å²) < 4.78 is 5.16. The maximum absolute atomic E-state index is 12.5. The minimum Gasteiger partial charge on any atom is -0.383 e. The van der Waals surface area contributed by atoms with Crippen molar-refractivity contribution in [2.75, 3.05) is 33.4 Å². The number of methoxy groups -OCH3 is 1. The van der Waals surface area contributed by atoms with Crippen molar-refractivity contribution in [3.05, 3.63) is 0 Å². The van der Waals surface area contributed by atoms with E-state index < -0.39 is 0 Å². The van der Waals surface area contributed by atoms with Gasteiger partial charge in [0, 0.05) is 32.7 Å². The molecule has 1 atom stereocenters. The maximum atomic E-state index is 12.5. The average molecular weight is 282 g/mol. The van der Waals surface area contributed by atoms with Gasteiger partial charge in [-0.05, 0) is 38.1 Å². The van der Waals surface area contributed by atoms with Gasteiger partial charge in [-0.2, -0.15) is 0 Å². The highest BCUT2D eigenvalue weighted by atomic mass is 16.5. The molecule has 0 aromatic heterocycles. The molecule has 2 aliphatic rings. The minimum atomic E-state index is 0.336. The van der Waals surface area contributed by atoms with Crippen molar-refractivity contribution in [1.82, 2.24) is 10.2 Å². The molecule has 2 fully saturated rings. The van der Waals surface area contributed by atoms with Gasteiger partial charge in [-0.1, -0.05) is 19.3 Å². The molecule has 2 rings (SSSR count). The summed E-state index contributed by atoms with van der Waals surface area (Å²) in [6, 6.07) is 0.488. The Morgan fingerprint density at radius 1 is 1.20 bits per heavy atom. The van der Waals surface area contributed by atoms with E-state index in [1.807, 2.05) is 4.90 Å². The summed E-state index contributed by atoms with van der Waals surface area (Å²) in [6.45, 7) is 3.33. The largest absolute Gasteiger partial charge is 0.383 e. The summed E-state index contributed by atoms with van der Waals surface area (Å²) in [5, 5.41) is 3.49. The Hall–Kier alpha value is -0.610. The van der Waals surface area contributed by atoms with Gasteiger partial charge in [0.2, 0.25) is 5.91 Å². The highest BCUT2D eigenvalue weighted by molar-refractivity contribution is 5.76. The first kappa shape index (κ1) is 15.8. The Balaban J connectivity index is 1.81. The lowest BCUT2D eigenvalue weighted by Crippen LogP contribution is -2.43. The number of carbonyl (C=O) groups is 1.